The second-order valence-electron chi connectivity index (χ2n) is 3.84. The first-order valence-corrected chi connectivity index (χ1v) is 5.77. The monoisotopic (exact) mass is 252 g/mol. The SMILES string of the molecule is COCCCOCc1cc(C(=N)N)ccc1OC. The lowest BCUT2D eigenvalue weighted by Gasteiger charge is -2.11. The molecule has 0 heterocycles. The highest BCUT2D eigenvalue weighted by atomic mass is 16.5. The highest BCUT2D eigenvalue weighted by Gasteiger charge is 2.06. The number of methoxy groups -OCH3 is 2. The Kier molecular flexibility index (Phi) is 6.18. The van der Waals surface area contributed by atoms with E-state index in [1.807, 2.05) is 6.07 Å². The van der Waals surface area contributed by atoms with Gasteiger partial charge in [0.2, 0.25) is 0 Å². The number of nitrogens with one attached hydrogen (secondary N) is 1. The Morgan fingerprint density at radius 3 is 2.67 bits per heavy atom. The van der Waals surface area contributed by atoms with E-state index < -0.39 is 0 Å². The third-order valence-corrected chi connectivity index (χ3v) is 2.49. The smallest absolute Gasteiger partial charge is 0.124 e. The number of hydrogen-bond acceptors (Lipinski definition) is 4. The summed E-state index contributed by atoms with van der Waals surface area (Å²) in [5.74, 6) is 0.782. The van der Waals surface area contributed by atoms with Crippen molar-refractivity contribution in [3.05, 3.63) is 29.3 Å². The molecular formula is C13H20N2O3. The van der Waals surface area contributed by atoms with Crippen molar-refractivity contribution in [1.29, 1.82) is 5.41 Å². The van der Waals surface area contributed by atoms with Crippen molar-refractivity contribution < 1.29 is 14.2 Å². The molecule has 0 aliphatic heterocycles. The standard InChI is InChI=1S/C13H20N2O3/c1-16-6-3-7-18-9-11-8-10(13(14)15)4-5-12(11)17-2/h4-5,8H,3,6-7,9H2,1-2H3,(H3,14,15). The molecule has 0 fully saturated rings. The van der Waals surface area contributed by atoms with Crippen LogP contribution in [0.15, 0.2) is 18.2 Å². The maximum atomic E-state index is 7.41. The zero-order chi connectivity index (χ0) is 13.4. The van der Waals surface area contributed by atoms with Gasteiger partial charge in [-0.2, -0.15) is 0 Å². The van der Waals surface area contributed by atoms with E-state index >= 15 is 0 Å². The molecule has 0 amide bonds. The molecule has 0 radical (unpaired) electrons. The Labute approximate surface area is 107 Å². The molecule has 5 heteroatoms. The minimum atomic E-state index is 0.0401. The van der Waals surface area contributed by atoms with Gasteiger partial charge in [-0.25, -0.2) is 0 Å². The molecule has 3 N–H and O–H groups in total. The maximum absolute atomic E-state index is 7.41. The normalized spacial score (nSPS) is 10.3. The van der Waals surface area contributed by atoms with E-state index in [9.17, 15) is 0 Å². The second kappa shape index (κ2) is 7.68. The van der Waals surface area contributed by atoms with Crippen LogP contribution in [0.5, 0.6) is 5.75 Å². The molecule has 18 heavy (non-hydrogen) atoms. The molecule has 0 unspecified atom stereocenters. The van der Waals surface area contributed by atoms with Gasteiger partial charge in [0, 0.05) is 31.5 Å². The van der Waals surface area contributed by atoms with Gasteiger partial charge in [-0.1, -0.05) is 0 Å². The van der Waals surface area contributed by atoms with Crippen LogP contribution in [0.2, 0.25) is 0 Å². The summed E-state index contributed by atoms with van der Waals surface area (Å²) < 4.78 is 15.7. The molecule has 0 aliphatic carbocycles. The first kappa shape index (κ1) is 14.5. The molecule has 0 saturated heterocycles. The van der Waals surface area contributed by atoms with Crippen LogP contribution >= 0.6 is 0 Å². The van der Waals surface area contributed by atoms with Crippen LogP contribution < -0.4 is 10.5 Å². The molecule has 0 aromatic heterocycles. The molecule has 1 rings (SSSR count). The zero-order valence-corrected chi connectivity index (χ0v) is 10.9. The summed E-state index contributed by atoms with van der Waals surface area (Å²) in [7, 11) is 3.27. The predicted octanol–water partition coefficient (Wildman–Crippen LogP) is 1.53. The molecule has 100 valence electrons. The minimum Gasteiger partial charge on any atom is -0.496 e. The Bertz CT molecular complexity index is 394. The Morgan fingerprint density at radius 1 is 1.28 bits per heavy atom. The number of nitrogens with two attached hydrogens (primary N) is 1. The second-order valence-corrected chi connectivity index (χ2v) is 3.84. The summed E-state index contributed by atoms with van der Waals surface area (Å²) in [5.41, 5.74) is 7.02. The lowest BCUT2D eigenvalue weighted by Crippen LogP contribution is -2.12. The summed E-state index contributed by atoms with van der Waals surface area (Å²) in [5, 5.41) is 7.41. The molecule has 0 saturated carbocycles. The van der Waals surface area contributed by atoms with Crippen molar-refractivity contribution in [3.8, 4) is 5.75 Å². The third-order valence-electron chi connectivity index (χ3n) is 2.49. The average molecular weight is 252 g/mol. The number of ether oxygens (including phenoxy) is 3. The largest absolute Gasteiger partial charge is 0.496 e. The van der Waals surface area contributed by atoms with E-state index in [-0.39, 0.29) is 5.84 Å². The van der Waals surface area contributed by atoms with Crippen molar-refractivity contribution >= 4 is 5.84 Å². The lowest BCUT2D eigenvalue weighted by atomic mass is 10.1. The van der Waals surface area contributed by atoms with Crippen LogP contribution in [0, 0.1) is 5.41 Å². The van der Waals surface area contributed by atoms with Crippen LogP contribution in [0.1, 0.15) is 17.5 Å². The molecule has 1 aromatic carbocycles. The number of amidine groups is 1. The third kappa shape index (κ3) is 4.35. The van der Waals surface area contributed by atoms with Gasteiger partial charge in [0.15, 0.2) is 0 Å². The quantitative estimate of drug-likeness (QED) is 0.418. The van der Waals surface area contributed by atoms with Crippen molar-refractivity contribution in [2.75, 3.05) is 27.4 Å². The van der Waals surface area contributed by atoms with E-state index in [0.29, 0.717) is 25.4 Å². The Morgan fingerprint density at radius 2 is 2.06 bits per heavy atom. The highest BCUT2D eigenvalue weighted by molar-refractivity contribution is 5.95. The molecule has 0 atom stereocenters. The van der Waals surface area contributed by atoms with Crippen LogP contribution in [-0.4, -0.2) is 33.3 Å². The van der Waals surface area contributed by atoms with Gasteiger partial charge in [0.05, 0.1) is 13.7 Å². The van der Waals surface area contributed by atoms with Crippen LogP contribution in [0.4, 0.5) is 0 Å². The average Bonchev–Trinajstić information content (AvgIpc) is 2.38. The van der Waals surface area contributed by atoms with Gasteiger partial charge in [0.1, 0.15) is 11.6 Å². The van der Waals surface area contributed by atoms with E-state index in [4.69, 9.17) is 25.4 Å². The molecule has 0 spiro atoms. The summed E-state index contributed by atoms with van der Waals surface area (Å²) in [6, 6.07) is 5.37. The van der Waals surface area contributed by atoms with Crippen LogP contribution in [0.25, 0.3) is 0 Å². The fraction of sp³-hybridized carbons (Fsp3) is 0.462. The van der Waals surface area contributed by atoms with Gasteiger partial charge >= 0.3 is 0 Å². The summed E-state index contributed by atoms with van der Waals surface area (Å²) in [6.45, 7) is 1.75. The van der Waals surface area contributed by atoms with E-state index in [1.165, 1.54) is 0 Å². The van der Waals surface area contributed by atoms with Crippen molar-refractivity contribution in [1.82, 2.24) is 0 Å². The van der Waals surface area contributed by atoms with Crippen molar-refractivity contribution in [2.45, 2.75) is 13.0 Å². The van der Waals surface area contributed by atoms with Crippen molar-refractivity contribution in [3.63, 3.8) is 0 Å². The predicted molar refractivity (Wildman–Crippen MR) is 70.2 cm³/mol. The first-order chi connectivity index (χ1) is 8.69. The van der Waals surface area contributed by atoms with Gasteiger partial charge in [-0.05, 0) is 24.6 Å². The summed E-state index contributed by atoms with van der Waals surface area (Å²) in [4.78, 5) is 0. The van der Waals surface area contributed by atoms with E-state index in [1.54, 1.807) is 26.4 Å². The minimum absolute atomic E-state index is 0.0401. The first-order valence-electron chi connectivity index (χ1n) is 5.77. The maximum Gasteiger partial charge on any atom is 0.124 e. The molecule has 0 bridgehead atoms. The van der Waals surface area contributed by atoms with Crippen LogP contribution in [-0.2, 0) is 16.1 Å². The van der Waals surface area contributed by atoms with Crippen LogP contribution in [0.3, 0.4) is 0 Å². The van der Waals surface area contributed by atoms with E-state index in [2.05, 4.69) is 0 Å². The fourth-order valence-electron chi connectivity index (χ4n) is 1.55. The lowest BCUT2D eigenvalue weighted by molar-refractivity contribution is 0.0916. The fourth-order valence-corrected chi connectivity index (χ4v) is 1.55. The van der Waals surface area contributed by atoms with Crippen molar-refractivity contribution in [2.24, 2.45) is 5.73 Å². The zero-order valence-electron chi connectivity index (χ0n) is 10.9. The summed E-state index contributed by atoms with van der Waals surface area (Å²) in [6.07, 6.45) is 0.852. The topological polar surface area (TPSA) is 77.6 Å². The number of nitrogen functional groups attached to an aromatic ring is 1. The van der Waals surface area contributed by atoms with E-state index in [0.717, 1.165) is 17.7 Å². The van der Waals surface area contributed by atoms with Gasteiger partial charge < -0.3 is 19.9 Å². The molecule has 1 aromatic rings. The molecule has 0 aliphatic rings. The Balaban J connectivity index is 2.61. The molecule has 5 nitrogen and oxygen atoms in total. The number of rotatable bonds is 8. The number of benzene rings is 1. The molecular weight excluding hydrogens is 232 g/mol. The summed E-state index contributed by atoms with van der Waals surface area (Å²) >= 11 is 0. The van der Waals surface area contributed by atoms with Gasteiger partial charge in [-0.3, -0.25) is 5.41 Å². The van der Waals surface area contributed by atoms with Gasteiger partial charge in [0.25, 0.3) is 0 Å². The van der Waals surface area contributed by atoms with Gasteiger partial charge in [-0.15, -0.1) is 0 Å². The number of hydrogen-bond donors (Lipinski definition) is 2. The Hall–Kier alpha value is -1.59. The highest BCUT2D eigenvalue weighted by Crippen LogP contribution is 2.20.